The number of halogens is 1. The minimum atomic E-state index is -0.820. The lowest BCUT2D eigenvalue weighted by Crippen LogP contribution is -2.33. The van der Waals surface area contributed by atoms with Gasteiger partial charge in [-0.2, -0.15) is 0 Å². The molecule has 9 heteroatoms. The van der Waals surface area contributed by atoms with Crippen molar-refractivity contribution in [3.63, 3.8) is 0 Å². The lowest BCUT2D eigenvalue weighted by atomic mass is 9.95. The average molecular weight is 669 g/mol. The van der Waals surface area contributed by atoms with E-state index in [0.717, 1.165) is 30.8 Å². The van der Waals surface area contributed by atoms with Crippen LogP contribution in [0.3, 0.4) is 0 Å². The van der Waals surface area contributed by atoms with Gasteiger partial charge in [-0.3, -0.25) is 9.59 Å². The van der Waals surface area contributed by atoms with E-state index in [4.69, 9.17) is 25.8 Å². The maximum atomic E-state index is 13.6. The fraction of sp³-hybridized carbons (Fsp3) is 0.282. The topological polar surface area (TPSA) is 88.5 Å². The molecule has 48 heavy (non-hydrogen) atoms. The number of carbonyl (C=O) groups is 2. The summed E-state index contributed by atoms with van der Waals surface area (Å²) in [4.78, 5) is 31.0. The Bertz CT molecular complexity index is 1720. The lowest BCUT2D eigenvalue weighted by Gasteiger charge is -2.27. The van der Waals surface area contributed by atoms with E-state index in [1.165, 1.54) is 0 Å². The van der Waals surface area contributed by atoms with Crippen molar-refractivity contribution in [2.75, 3.05) is 33.3 Å². The van der Waals surface area contributed by atoms with E-state index in [9.17, 15) is 14.7 Å². The van der Waals surface area contributed by atoms with E-state index >= 15 is 0 Å². The molecule has 8 nitrogen and oxygen atoms in total. The van der Waals surface area contributed by atoms with E-state index in [1.54, 1.807) is 60.5 Å². The molecule has 5 rings (SSSR count). The summed E-state index contributed by atoms with van der Waals surface area (Å²) in [6.07, 6.45) is 0.667. The van der Waals surface area contributed by atoms with Crippen molar-refractivity contribution >= 4 is 29.1 Å². The Morgan fingerprint density at radius 2 is 1.50 bits per heavy atom. The average Bonchev–Trinajstić information content (AvgIpc) is 3.37. The van der Waals surface area contributed by atoms with E-state index < -0.39 is 17.7 Å². The second kappa shape index (κ2) is 16.4. The Kier molecular flexibility index (Phi) is 11.8. The minimum Gasteiger partial charge on any atom is -0.507 e. The van der Waals surface area contributed by atoms with Crippen molar-refractivity contribution in [1.82, 2.24) is 9.80 Å². The highest BCUT2D eigenvalue weighted by Gasteiger charge is 2.46. The predicted molar refractivity (Wildman–Crippen MR) is 187 cm³/mol. The second-order valence-electron chi connectivity index (χ2n) is 11.5. The van der Waals surface area contributed by atoms with E-state index in [1.807, 2.05) is 48.5 Å². The smallest absolute Gasteiger partial charge is 0.295 e. The Morgan fingerprint density at radius 3 is 2.17 bits per heavy atom. The van der Waals surface area contributed by atoms with Crippen LogP contribution in [0.2, 0.25) is 5.02 Å². The van der Waals surface area contributed by atoms with Gasteiger partial charge in [-0.1, -0.05) is 74.0 Å². The third-order valence-corrected chi connectivity index (χ3v) is 8.75. The van der Waals surface area contributed by atoms with Crippen LogP contribution in [-0.4, -0.2) is 59.9 Å². The highest BCUT2D eigenvalue weighted by molar-refractivity contribution is 6.46. The fourth-order valence-electron chi connectivity index (χ4n) is 5.78. The van der Waals surface area contributed by atoms with Crippen LogP contribution in [0, 0.1) is 0 Å². The summed E-state index contributed by atoms with van der Waals surface area (Å²) in [6, 6.07) is 28.5. The second-order valence-corrected chi connectivity index (χ2v) is 11.9. The first kappa shape index (κ1) is 34.5. The number of Topliss-reactive ketones (excluding diaryl/α,β-unsaturated/α-hetero) is 1. The van der Waals surface area contributed by atoms with Crippen molar-refractivity contribution in [3.05, 3.63) is 130 Å². The van der Waals surface area contributed by atoms with Gasteiger partial charge in [0.25, 0.3) is 11.7 Å². The van der Waals surface area contributed by atoms with Gasteiger partial charge >= 0.3 is 0 Å². The molecule has 1 atom stereocenters. The van der Waals surface area contributed by atoms with E-state index in [-0.39, 0.29) is 11.3 Å². The summed E-state index contributed by atoms with van der Waals surface area (Å²) in [7, 11) is 1.55. The molecule has 1 heterocycles. The molecule has 0 aromatic heterocycles. The highest BCUT2D eigenvalue weighted by Crippen LogP contribution is 2.42. The number of hydrogen-bond donors (Lipinski definition) is 1. The summed E-state index contributed by atoms with van der Waals surface area (Å²) in [5.74, 6) is -0.0563. The molecule has 1 fully saturated rings. The molecule has 0 unspecified atom stereocenters. The van der Waals surface area contributed by atoms with Gasteiger partial charge < -0.3 is 29.1 Å². The van der Waals surface area contributed by atoms with Crippen molar-refractivity contribution in [1.29, 1.82) is 0 Å². The zero-order valence-corrected chi connectivity index (χ0v) is 28.3. The number of amides is 1. The summed E-state index contributed by atoms with van der Waals surface area (Å²) in [5.41, 5.74) is 3.02. The molecular weight excluding hydrogens is 628 g/mol. The van der Waals surface area contributed by atoms with Gasteiger partial charge in [0, 0.05) is 17.1 Å². The van der Waals surface area contributed by atoms with Crippen molar-refractivity contribution in [2.45, 2.75) is 39.5 Å². The molecule has 1 saturated heterocycles. The third-order valence-electron chi connectivity index (χ3n) is 8.49. The molecule has 0 radical (unpaired) electrons. The standard InChI is InChI=1S/C39H41ClN2O6/c1-4-41(5-2)22-9-23-42-36(30-16-21-33(34(24-30)46-3)48-26-27-10-7-6-8-11-27)35(38(44)39(42)45)37(43)29-14-19-32(20-15-29)47-25-28-12-17-31(40)18-13-28/h6-8,10-21,24,36,43H,4-5,9,22-23,25-26H2,1-3H3/t36-/m1/s1. The first-order valence-corrected chi connectivity index (χ1v) is 16.5. The number of carbonyl (C=O) groups excluding carboxylic acids is 2. The van der Waals surface area contributed by atoms with E-state index in [2.05, 4.69) is 18.7 Å². The molecule has 1 aliphatic heterocycles. The quantitative estimate of drug-likeness (QED) is 0.0791. The van der Waals surface area contributed by atoms with Crippen LogP contribution in [0.25, 0.3) is 5.76 Å². The van der Waals surface area contributed by atoms with Gasteiger partial charge in [0.15, 0.2) is 11.5 Å². The van der Waals surface area contributed by atoms with Gasteiger partial charge in [0.1, 0.15) is 24.7 Å². The van der Waals surface area contributed by atoms with Gasteiger partial charge in [0.05, 0.1) is 18.7 Å². The van der Waals surface area contributed by atoms with Crippen LogP contribution in [-0.2, 0) is 22.8 Å². The number of ketones is 1. The molecule has 0 aliphatic carbocycles. The number of hydrogen-bond acceptors (Lipinski definition) is 7. The highest BCUT2D eigenvalue weighted by atomic mass is 35.5. The van der Waals surface area contributed by atoms with Gasteiger partial charge in [-0.15, -0.1) is 0 Å². The SMILES string of the molecule is CCN(CC)CCCN1C(=O)C(=O)C(=C(O)c2ccc(OCc3ccc(Cl)cc3)cc2)[C@H]1c1ccc(OCc2ccccc2)c(OC)c1. The van der Waals surface area contributed by atoms with Crippen molar-refractivity contribution in [3.8, 4) is 17.2 Å². The monoisotopic (exact) mass is 668 g/mol. The number of aliphatic hydroxyl groups is 1. The molecule has 0 saturated carbocycles. The Hall–Kier alpha value is -4.79. The normalized spacial score (nSPS) is 15.6. The first-order valence-electron chi connectivity index (χ1n) is 16.2. The summed E-state index contributed by atoms with van der Waals surface area (Å²) in [5, 5.41) is 12.3. The number of benzene rings is 4. The number of ether oxygens (including phenoxy) is 3. The van der Waals surface area contributed by atoms with Crippen LogP contribution in [0.5, 0.6) is 17.2 Å². The summed E-state index contributed by atoms with van der Waals surface area (Å²) < 4.78 is 17.7. The van der Waals surface area contributed by atoms with Gasteiger partial charge in [0.2, 0.25) is 0 Å². The third kappa shape index (κ3) is 8.19. The predicted octanol–water partition coefficient (Wildman–Crippen LogP) is 7.66. The number of likely N-dealkylation sites (tertiary alicyclic amines) is 1. The van der Waals surface area contributed by atoms with Crippen LogP contribution in [0.1, 0.15) is 48.6 Å². The van der Waals surface area contributed by atoms with Crippen LogP contribution in [0.15, 0.2) is 103 Å². The van der Waals surface area contributed by atoms with Crippen LogP contribution < -0.4 is 14.2 Å². The van der Waals surface area contributed by atoms with Crippen molar-refractivity contribution < 1.29 is 28.9 Å². The molecule has 1 amide bonds. The number of rotatable bonds is 15. The van der Waals surface area contributed by atoms with Gasteiger partial charge in [-0.25, -0.2) is 0 Å². The largest absolute Gasteiger partial charge is 0.507 e. The van der Waals surface area contributed by atoms with Crippen LogP contribution >= 0.6 is 11.6 Å². The fourth-order valence-corrected chi connectivity index (χ4v) is 5.91. The molecule has 1 N–H and O–H groups in total. The number of methoxy groups -OCH3 is 1. The molecular formula is C39H41ClN2O6. The van der Waals surface area contributed by atoms with Gasteiger partial charge in [-0.05, 0) is 91.3 Å². The minimum absolute atomic E-state index is 0.0256. The lowest BCUT2D eigenvalue weighted by molar-refractivity contribution is -0.140. The maximum Gasteiger partial charge on any atom is 0.295 e. The zero-order valence-electron chi connectivity index (χ0n) is 27.5. The zero-order chi connectivity index (χ0) is 34.0. The molecule has 4 aromatic carbocycles. The molecule has 0 spiro atoms. The summed E-state index contributed by atoms with van der Waals surface area (Å²) >= 11 is 5.98. The maximum absolute atomic E-state index is 13.6. The van der Waals surface area contributed by atoms with Crippen molar-refractivity contribution in [2.24, 2.45) is 0 Å². The Morgan fingerprint density at radius 1 is 0.833 bits per heavy atom. The summed E-state index contributed by atoms with van der Waals surface area (Å²) in [6.45, 7) is 7.77. The number of aliphatic hydroxyl groups excluding tert-OH is 1. The Balaban J connectivity index is 1.44. The first-order chi connectivity index (χ1) is 23.3. The van der Waals surface area contributed by atoms with E-state index in [0.29, 0.717) is 59.6 Å². The molecule has 1 aliphatic rings. The van der Waals surface area contributed by atoms with Crippen LogP contribution in [0.4, 0.5) is 0 Å². The molecule has 4 aromatic rings. The Labute approximate surface area is 287 Å². The molecule has 250 valence electrons. The number of nitrogens with zero attached hydrogens (tertiary/aromatic N) is 2. The molecule has 0 bridgehead atoms.